The van der Waals surface area contributed by atoms with Crippen LogP contribution in [0.15, 0.2) is 54.7 Å². The number of anilines is 1. The van der Waals surface area contributed by atoms with E-state index < -0.39 is 248 Å². The molecule has 2 bridgehead atoms. The number of primary amides is 1. The highest BCUT2D eigenvalue weighted by Crippen LogP contribution is 2.59. The number of aliphatic carboxylic acids is 2. The average Bonchev–Trinajstić information content (AvgIpc) is 1.06. The molecular formula is C77H108N14O22. The zero-order valence-corrected chi connectivity index (χ0v) is 64.5. The molecule has 4 fully saturated rings. The third-order valence-electron chi connectivity index (χ3n) is 21.4. The third kappa shape index (κ3) is 26.6. The number of carboxylic acids is 2. The van der Waals surface area contributed by atoms with E-state index in [0.29, 0.717) is 24.8 Å². The van der Waals surface area contributed by atoms with Gasteiger partial charge in [0.25, 0.3) is 0 Å². The number of carbonyl (C=O) groups excluding carboxylic acids is 16. The third-order valence-corrected chi connectivity index (χ3v) is 21.4. The van der Waals surface area contributed by atoms with Gasteiger partial charge in [0.05, 0.1) is 44.6 Å². The fourth-order valence-corrected chi connectivity index (χ4v) is 14.5. The summed E-state index contributed by atoms with van der Waals surface area (Å²) >= 11 is 0. The van der Waals surface area contributed by atoms with Crippen LogP contribution in [-0.4, -0.2) is 207 Å². The van der Waals surface area contributed by atoms with E-state index in [1.807, 2.05) is 18.2 Å². The summed E-state index contributed by atoms with van der Waals surface area (Å²) in [6, 6.07) is -1.38. The monoisotopic (exact) mass is 1580 g/mol. The number of nitrogens with one attached hydrogen (secondary N) is 11. The largest absolute Gasteiger partial charge is 0.481 e. The molecule has 618 valence electrons. The number of ether oxygens (including phenoxy) is 1. The van der Waals surface area contributed by atoms with Gasteiger partial charge in [-0.05, 0) is 113 Å². The second kappa shape index (κ2) is 42.6. The maximum Gasteiger partial charge on any atom is 0.329 e. The van der Waals surface area contributed by atoms with Gasteiger partial charge in [0.2, 0.25) is 65.0 Å². The zero-order valence-electron chi connectivity index (χ0n) is 64.5. The van der Waals surface area contributed by atoms with E-state index >= 15 is 0 Å². The number of cyclic esters (lactones) is 1. The molecule has 2 heterocycles. The lowest BCUT2D eigenvalue weighted by Crippen LogP contribution is -2.58. The van der Waals surface area contributed by atoms with Crippen molar-refractivity contribution in [3.05, 3.63) is 65.9 Å². The Balaban J connectivity index is 1.35. The van der Waals surface area contributed by atoms with E-state index in [1.165, 1.54) is 52.0 Å². The van der Waals surface area contributed by atoms with Gasteiger partial charge < -0.3 is 95.4 Å². The van der Waals surface area contributed by atoms with Gasteiger partial charge in [0.1, 0.15) is 42.4 Å². The second-order valence-corrected chi connectivity index (χ2v) is 30.1. The van der Waals surface area contributed by atoms with Crippen molar-refractivity contribution < 1.29 is 106 Å². The van der Waals surface area contributed by atoms with Gasteiger partial charge in [0, 0.05) is 90.0 Å². The van der Waals surface area contributed by atoms with Crippen molar-refractivity contribution in [1.82, 2.24) is 58.2 Å². The molecule has 13 atom stereocenters. The minimum Gasteiger partial charge on any atom is -0.481 e. The Morgan fingerprint density at radius 3 is 1.88 bits per heavy atom. The lowest BCUT2D eigenvalue weighted by Gasteiger charge is -2.53. The summed E-state index contributed by atoms with van der Waals surface area (Å²) in [6.07, 6.45) is 1.86. The van der Waals surface area contributed by atoms with E-state index in [9.17, 15) is 102 Å². The van der Waals surface area contributed by atoms with Crippen molar-refractivity contribution in [3.8, 4) is 0 Å². The summed E-state index contributed by atoms with van der Waals surface area (Å²) in [6.45, 7) is 4.86. The Labute approximate surface area is 652 Å². The Morgan fingerprint density at radius 1 is 0.637 bits per heavy atom. The number of aromatic nitrogens is 1. The summed E-state index contributed by atoms with van der Waals surface area (Å²) < 4.78 is 5.80. The number of hydrogen-bond acceptors (Lipinski definition) is 22. The number of rotatable bonds is 29. The van der Waals surface area contributed by atoms with E-state index in [0.717, 1.165) is 62.8 Å². The minimum absolute atomic E-state index is 0.0171. The number of carboxylic acid groups (broad SMARTS) is 2. The molecule has 0 radical (unpaired) electrons. The van der Waals surface area contributed by atoms with E-state index in [1.54, 1.807) is 12.3 Å². The molecule has 1 aliphatic heterocycles. The molecule has 36 nitrogen and oxygen atoms in total. The fourth-order valence-electron chi connectivity index (χ4n) is 14.5. The number of hydrogen-bond donors (Lipinski definition) is 17. The molecule has 20 N–H and O–H groups in total. The molecule has 1 saturated heterocycles. The van der Waals surface area contributed by atoms with Crippen LogP contribution in [0.5, 0.6) is 0 Å². The number of benzene rings is 2. The Bertz CT molecular complexity index is 4010. The number of aromatic amines is 1. The molecule has 4 aliphatic rings. The fraction of sp³-hybridized carbons (Fsp3) is 0.584. The molecule has 3 aliphatic carbocycles. The number of aliphatic hydroxyl groups is 1. The predicted octanol–water partition coefficient (Wildman–Crippen LogP) is -0.479. The molecule has 0 spiro atoms. The molecule has 113 heavy (non-hydrogen) atoms. The highest BCUT2D eigenvalue weighted by molar-refractivity contribution is 6.05. The quantitative estimate of drug-likeness (QED) is 0.0181. The molecule has 3 saturated carbocycles. The molecule has 36 heteroatoms. The highest BCUT2D eigenvalue weighted by Gasteiger charge is 2.53. The Morgan fingerprint density at radius 2 is 1.26 bits per heavy atom. The first kappa shape index (κ1) is 90.8. The average molecular weight is 1580 g/mol. The van der Waals surface area contributed by atoms with Crippen molar-refractivity contribution in [2.75, 3.05) is 32.0 Å². The number of unbranched alkanes of at least 4 members (excludes halogenated alkanes) is 2. The summed E-state index contributed by atoms with van der Waals surface area (Å²) in [5, 5.41) is 54.8. The number of fused-ring (bicyclic) bond motifs is 4. The number of nitrogens with two attached hydrogens (primary N) is 3. The predicted molar refractivity (Wildman–Crippen MR) is 405 cm³/mol. The van der Waals surface area contributed by atoms with Gasteiger partial charge in [-0.1, -0.05) is 77.3 Å². The lowest BCUT2D eigenvalue weighted by molar-refractivity contribution is -0.156. The summed E-state index contributed by atoms with van der Waals surface area (Å²) in [4.78, 5) is 253. The van der Waals surface area contributed by atoms with Crippen LogP contribution in [0.1, 0.15) is 179 Å². The molecule has 3 aromatic rings. The number of H-pyrrole nitrogens is 1. The van der Waals surface area contributed by atoms with Crippen LogP contribution < -0.4 is 70.4 Å². The Hall–Kier alpha value is -11.0. The first-order valence-electron chi connectivity index (χ1n) is 38.1. The molecule has 2 aromatic carbocycles. The van der Waals surface area contributed by atoms with E-state index in [2.05, 4.69) is 65.1 Å². The summed E-state index contributed by atoms with van der Waals surface area (Å²) in [5.74, 6) is -25.9. The van der Waals surface area contributed by atoms with Gasteiger partial charge >= 0.3 is 17.9 Å². The number of aliphatic hydroxyl groups excluding tert-OH is 1. The topological polar surface area (TPSA) is 591 Å². The van der Waals surface area contributed by atoms with Crippen molar-refractivity contribution in [2.45, 2.75) is 224 Å². The van der Waals surface area contributed by atoms with Gasteiger partial charge in [-0.3, -0.25) is 81.5 Å². The summed E-state index contributed by atoms with van der Waals surface area (Å²) in [7, 11) is 0. The number of nitrogen functional groups attached to an aromatic ring is 1. The number of Topliss-reactive ketones (excluding diaryl/α,β-unsaturated/α-hetero) is 4. The molecule has 11 amide bonds. The van der Waals surface area contributed by atoms with Crippen LogP contribution in [0.25, 0.3) is 10.9 Å². The molecule has 1 aromatic heterocycles. The van der Waals surface area contributed by atoms with Crippen LogP contribution in [0.3, 0.4) is 0 Å². The van der Waals surface area contributed by atoms with Crippen LogP contribution in [-0.2, 0) is 92.7 Å². The van der Waals surface area contributed by atoms with Gasteiger partial charge in [-0.25, -0.2) is 4.79 Å². The van der Waals surface area contributed by atoms with Gasteiger partial charge in [-0.15, -0.1) is 0 Å². The zero-order chi connectivity index (χ0) is 83.6. The van der Waals surface area contributed by atoms with Crippen LogP contribution in [0.2, 0.25) is 0 Å². The van der Waals surface area contributed by atoms with Crippen LogP contribution >= 0.6 is 0 Å². The van der Waals surface area contributed by atoms with Gasteiger partial charge in [-0.2, -0.15) is 0 Å². The smallest absolute Gasteiger partial charge is 0.329 e. The maximum atomic E-state index is 14.8. The molecule has 7 rings (SSSR count). The number of carbonyl (C=O) groups is 18. The number of para-hydroxylation sites is 2. The number of esters is 1. The second-order valence-electron chi connectivity index (χ2n) is 30.1. The first-order chi connectivity index (χ1) is 53.4. The molecule has 0 unspecified atom stereocenters. The van der Waals surface area contributed by atoms with Crippen molar-refractivity contribution in [2.24, 2.45) is 46.0 Å². The van der Waals surface area contributed by atoms with E-state index in [-0.39, 0.29) is 48.4 Å². The minimum atomic E-state index is -2.16. The standard InChI is InChI=1S/C77H108N14O22/c1-7-8-13-20-76-21-24-77(25-22-76,26-23-76)75(112)90-54(31-45-36-81-50-18-12-10-15-46(45)50)72(109)87-52(34-61(80)97)58(94)29-42(4)68(105)91-66-44(6)113-74(111)55(33-57(93)47-16-9-11-17-49(47)79)89-70(107)48(40(2)30-64(100)101)32-60(96)56(39-92)86-63(99)37-82-69(106)43(5)84-67(104)41(3)28-59(95)53(35-65(102)103)88-71(108)51(19-14-27-78)85-62(98)38-83-73(66)110/h9-12,15-18,36,40-44,48,51-56,66,81,92H,7-8,13-14,19-35,37-39,78-79H2,1-6H3,(H2,80,97)(H,82,106)(H,83,110)(H,84,104)(H,85,98)(H,86,99)(H,87,109)(H,88,108)(H,89,107)(H,90,112)(H,91,105)(H,100,101)(H,102,103)/t40-,41+,42-,43+,44-,48+,51+,52-,53+,54+,55+,56-,66+,76?,77?/m1/s1. The normalized spacial score (nSPS) is 25.4. The number of ketones is 4. The first-order valence-corrected chi connectivity index (χ1v) is 38.1. The summed E-state index contributed by atoms with van der Waals surface area (Å²) in [5.41, 5.74) is 18.0. The SMILES string of the molecule is CCCCCC12CCC(C(=O)N[C@@H](Cc3c[nH]c4ccccc34)C(=O)N[C@H](CC(N)=O)C(=O)C[C@@H](C)C(=O)N[C@@H]3C(=O)NCC(=O)N[C@@H](CCCN)C(=O)N[C@@H](CC(=O)O)C(=O)C[C@H](C)C(=O)N[C@@H](C)C(=O)NCC(=O)N[C@H](CO)C(=O)C[C@@H]([C@H](C)CC(=O)O)C(=O)N[C@@H](CC(=O)c4ccccc4N)C(=O)O[C@@H]3C)(CC1)CC2. The van der Waals surface area contributed by atoms with Crippen LogP contribution in [0, 0.1) is 34.5 Å². The lowest BCUT2D eigenvalue weighted by atomic mass is 9.52. The Kier molecular flexibility index (Phi) is 34.2. The number of amides is 11. The maximum absolute atomic E-state index is 14.8. The van der Waals surface area contributed by atoms with Crippen molar-refractivity contribution in [3.63, 3.8) is 0 Å². The van der Waals surface area contributed by atoms with Crippen LogP contribution in [0.4, 0.5) is 5.69 Å². The highest BCUT2D eigenvalue weighted by atomic mass is 16.5. The van der Waals surface area contributed by atoms with Crippen molar-refractivity contribution >= 4 is 123 Å². The van der Waals surface area contributed by atoms with E-state index in [4.69, 9.17) is 21.9 Å². The van der Waals surface area contributed by atoms with Crippen molar-refractivity contribution in [1.29, 1.82) is 0 Å². The van der Waals surface area contributed by atoms with Gasteiger partial charge in [0.15, 0.2) is 23.1 Å². The molecular weight excluding hydrogens is 1470 g/mol.